The molecule has 0 bridgehead atoms. The van der Waals surface area contributed by atoms with Gasteiger partial charge in [0.15, 0.2) is 6.61 Å². The molecule has 0 radical (unpaired) electrons. The molecule has 0 spiro atoms. The van der Waals surface area contributed by atoms with Crippen molar-refractivity contribution in [3.05, 3.63) is 0 Å². The van der Waals surface area contributed by atoms with Gasteiger partial charge in [-0.25, -0.2) is 0 Å². The van der Waals surface area contributed by atoms with Crippen LogP contribution in [0.2, 0.25) is 0 Å². The van der Waals surface area contributed by atoms with E-state index in [1.807, 2.05) is 0 Å². The van der Waals surface area contributed by atoms with Crippen LogP contribution in [0.5, 0.6) is 0 Å². The van der Waals surface area contributed by atoms with E-state index in [4.69, 9.17) is 4.74 Å². The Labute approximate surface area is 76.2 Å². The van der Waals surface area contributed by atoms with E-state index in [2.05, 4.69) is 16.8 Å². The van der Waals surface area contributed by atoms with Crippen molar-refractivity contribution >= 4 is 11.9 Å². The Hall–Kier alpha value is -1.50. The zero-order chi connectivity index (χ0) is 9.52. The third-order valence-electron chi connectivity index (χ3n) is 1.55. The van der Waals surface area contributed by atoms with Crippen molar-refractivity contribution < 1.29 is 19.1 Å². The summed E-state index contributed by atoms with van der Waals surface area (Å²) in [6, 6.07) is 0. The highest BCUT2D eigenvalue weighted by molar-refractivity contribution is 5.71. The molecule has 0 aromatic heterocycles. The van der Waals surface area contributed by atoms with E-state index in [1.54, 1.807) is 0 Å². The Kier molecular flexibility index (Phi) is 3.83. The van der Waals surface area contributed by atoms with Crippen LogP contribution in [0.15, 0.2) is 0 Å². The van der Waals surface area contributed by atoms with Gasteiger partial charge in [0.1, 0.15) is 6.11 Å². The maximum absolute atomic E-state index is 10.9. The lowest BCUT2D eigenvalue weighted by atomic mass is 10.2. The fourth-order valence-corrected chi connectivity index (χ4v) is 0.901. The van der Waals surface area contributed by atoms with Crippen LogP contribution >= 0.6 is 0 Å². The van der Waals surface area contributed by atoms with Gasteiger partial charge in [0.05, 0.1) is 0 Å². The van der Waals surface area contributed by atoms with Crippen LogP contribution in [0, 0.1) is 12.0 Å². The lowest BCUT2D eigenvalue weighted by Gasteiger charge is -1.98. The van der Waals surface area contributed by atoms with Gasteiger partial charge in [0, 0.05) is 12.8 Å². The molecule has 1 aliphatic heterocycles. The van der Waals surface area contributed by atoms with Crippen molar-refractivity contribution in [2.24, 2.45) is 0 Å². The second-order valence-electron chi connectivity index (χ2n) is 2.62. The molecule has 0 aromatic rings. The number of rotatable bonds is 0. The predicted molar refractivity (Wildman–Crippen MR) is 43.3 cm³/mol. The Morgan fingerprint density at radius 1 is 1.08 bits per heavy atom. The third-order valence-corrected chi connectivity index (χ3v) is 1.55. The number of hydrogen-bond donors (Lipinski definition) is 0. The van der Waals surface area contributed by atoms with Crippen molar-refractivity contribution in [1.29, 1.82) is 0 Å². The third kappa shape index (κ3) is 4.16. The number of ether oxygens (including phenoxy) is 2. The normalized spacial score (nSPS) is 18.8. The van der Waals surface area contributed by atoms with Crippen molar-refractivity contribution in [3.8, 4) is 12.0 Å². The molecule has 0 saturated heterocycles. The molecule has 70 valence electrons. The van der Waals surface area contributed by atoms with E-state index in [-0.39, 0.29) is 18.5 Å². The maximum atomic E-state index is 10.9. The lowest BCUT2D eigenvalue weighted by Crippen LogP contribution is -2.04. The first-order chi connectivity index (χ1) is 6.29. The van der Waals surface area contributed by atoms with Gasteiger partial charge >= 0.3 is 11.9 Å². The monoisotopic (exact) mass is 182 g/mol. The molecule has 1 heterocycles. The van der Waals surface area contributed by atoms with Crippen LogP contribution in [-0.4, -0.2) is 18.5 Å². The van der Waals surface area contributed by atoms with Crippen LogP contribution in [0.4, 0.5) is 0 Å². The first-order valence-corrected chi connectivity index (χ1v) is 4.12. The lowest BCUT2D eigenvalue weighted by molar-refractivity contribution is -0.142. The average Bonchev–Trinajstić information content (AvgIpc) is 2.14. The van der Waals surface area contributed by atoms with E-state index >= 15 is 0 Å². The molecule has 0 saturated carbocycles. The molecule has 0 aliphatic carbocycles. The topological polar surface area (TPSA) is 52.6 Å². The summed E-state index contributed by atoms with van der Waals surface area (Å²) in [5, 5.41) is 0. The average molecular weight is 182 g/mol. The summed E-state index contributed by atoms with van der Waals surface area (Å²) < 4.78 is 9.22. The minimum Gasteiger partial charge on any atom is -0.452 e. The van der Waals surface area contributed by atoms with Crippen molar-refractivity contribution in [1.82, 2.24) is 0 Å². The van der Waals surface area contributed by atoms with Crippen LogP contribution < -0.4 is 0 Å². The Bertz CT molecular complexity index is 259. The van der Waals surface area contributed by atoms with Gasteiger partial charge in [0.25, 0.3) is 0 Å². The van der Waals surface area contributed by atoms with Crippen molar-refractivity contribution in [2.75, 3.05) is 6.61 Å². The quantitative estimate of drug-likeness (QED) is 0.407. The summed E-state index contributed by atoms with van der Waals surface area (Å²) in [4.78, 5) is 21.7. The molecule has 4 heteroatoms. The molecule has 0 N–H and O–H groups in total. The highest BCUT2D eigenvalue weighted by Gasteiger charge is 2.06. The number of esters is 2. The van der Waals surface area contributed by atoms with Crippen molar-refractivity contribution in [2.45, 2.75) is 25.7 Å². The summed E-state index contributed by atoms with van der Waals surface area (Å²) in [6.45, 7) is -0.00782. The molecule has 0 unspecified atom stereocenters. The van der Waals surface area contributed by atoms with Crippen LogP contribution in [0.25, 0.3) is 0 Å². The minimum atomic E-state index is -0.346. The highest BCUT2D eigenvalue weighted by Crippen LogP contribution is 2.03. The zero-order valence-corrected chi connectivity index (χ0v) is 7.17. The fourth-order valence-electron chi connectivity index (χ4n) is 0.901. The second-order valence-corrected chi connectivity index (χ2v) is 2.62. The number of hydrogen-bond acceptors (Lipinski definition) is 4. The van der Waals surface area contributed by atoms with E-state index in [1.165, 1.54) is 0 Å². The standard InChI is InChI=1S/C9H10O4/c10-8-4-1-2-5-9(11)13-7-3-6-12-8/h1-2,4-6H2. The first kappa shape index (κ1) is 9.59. The van der Waals surface area contributed by atoms with Crippen molar-refractivity contribution in [3.63, 3.8) is 0 Å². The van der Waals surface area contributed by atoms with E-state index in [0.717, 1.165) is 0 Å². The van der Waals surface area contributed by atoms with E-state index in [9.17, 15) is 9.59 Å². The molecule has 0 atom stereocenters. The number of carbonyl (C=O) groups excluding carboxylic acids is 2. The molecule has 13 heavy (non-hydrogen) atoms. The molecule has 1 aliphatic rings. The molecule has 1 rings (SSSR count). The van der Waals surface area contributed by atoms with Gasteiger partial charge in [-0.2, -0.15) is 0 Å². The Morgan fingerprint density at radius 3 is 2.54 bits per heavy atom. The van der Waals surface area contributed by atoms with Gasteiger partial charge in [-0.1, -0.05) is 0 Å². The molecule has 0 amide bonds. The largest absolute Gasteiger partial charge is 0.452 e. The zero-order valence-electron chi connectivity index (χ0n) is 7.17. The molecule has 0 fully saturated rings. The van der Waals surface area contributed by atoms with E-state index < -0.39 is 0 Å². The Balaban J connectivity index is 2.44. The first-order valence-electron chi connectivity index (χ1n) is 4.12. The molecular weight excluding hydrogens is 172 g/mol. The van der Waals surface area contributed by atoms with Gasteiger partial charge in [-0.3, -0.25) is 9.59 Å². The molecular formula is C9H10O4. The molecule has 0 aromatic carbocycles. The van der Waals surface area contributed by atoms with Crippen LogP contribution in [0.1, 0.15) is 25.7 Å². The van der Waals surface area contributed by atoms with Crippen LogP contribution in [0.3, 0.4) is 0 Å². The predicted octanol–water partition coefficient (Wildman–Crippen LogP) is 0.608. The number of carbonyl (C=O) groups is 2. The number of cyclic esters (lactones) is 2. The van der Waals surface area contributed by atoms with Crippen LogP contribution in [-0.2, 0) is 19.1 Å². The fraction of sp³-hybridized carbons (Fsp3) is 0.556. The van der Waals surface area contributed by atoms with Gasteiger partial charge in [0.2, 0.25) is 0 Å². The Morgan fingerprint density at radius 2 is 1.77 bits per heavy atom. The maximum Gasteiger partial charge on any atom is 0.319 e. The summed E-state index contributed by atoms with van der Waals surface area (Å²) in [6.07, 6.45) is 4.11. The summed E-state index contributed by atoms with van der Waals surface area (Å²) in [5.41, 5.74) is 0. The second kappa shape index (κ2) is 5.20. The summed E-state index contributed by atoms with van der Waals surface area (Å²) in [7, 11) is 0. The van der Waals surface area contributed by atoms with E-state index in [0.29, 0.717) is 25.7 Å². The summed E-state index contributed by atoms with van der Waals surface area (Å²) >= 11 is 0. The van der Waals surface area contributed by atoms with Gasteiger partial charge in [-0.15, -0.1) is 0 Å². The van der Waals surface area contributed by atoms with Gasteiger partial charge < -0.3 is 9.47 Å². The van der Waals surface area contributed by atoms with Gasteiger partial charge in [-0.05, 0) is 18.8 Å². The summed E-state index contributed by atoms with van der Waals surface area (Å²) in [5.74, 6) is 1.79. The minimum absolute atomic E-state index is 0.00782. The smallest absolute Gasteiger partial charge is 0.319 e. The highest BCUT2D eigenvalue weighted by atomic mass is 16.5. The SMILES string of the molecule is O=C1CCCCC(=O)OCC#CO1. The molecule has 4 nitrogen and oxygen atoms in total.